The van der Waals surface area contributed by atoms with E-state index < -0.39 is 6.23 Å². The molecule has 0 amide bonds. The highest BCUT2D eigenvalue weighted by molar-refractivity contribution is 6.30. The van der Waals surface area contributed by atoms with Crippen LogP contribution in [0.15, 0.2) is 47.4 Å². The van der Waals surface area contributed by atoms with Crippen LogP contribution in [0.5, 0.6) is 0 Å². The Morgan fingerprint density at radius 1 is 1.30 bits per heavy atom. The monoisotopic (exact) mass is 386 g/mol. The Bertz CT molecular complexity index is 1020. The van der Waals surface area contributed by atoms with Crippen molar-refractivity contribution in [1.82, 2.24) is 19.7 Å². The number of hydrogen-bond acceptors (Lipinski definition) is 6. The van der Waals surface area contributed by atoms with Crippen molar-refractivity contribution in [2.24, 2.45) is 0 Å². The molecule has 0 saturated carbocycles. The number of benzene rings is 1. The summed E-state index contributed by atoms with van der Waals surface area (Å²) in [6.45, 7) is 2.25. The fraction of sp³-hybridized carbons (Fsp3) is 0.316. The zero-order valence-corrected chi connectivity index (χ0v) is 15.3. The number of aromatic nitrogens is 3. The number of halogens is 1. The van der Waals surface area contributed by atoms with Crippen LogP contribution < -0.4 is 5.56 Å². The molecule has 3 heterocycles. The van der Waals surface area contributed by atoms with Crippen molar-refractivity contribution in [1.29, 1.82) is 0 Å². The molecule has 140 valence electrons. The summed E-state index contributed by atoms with van der Waals surface area (Å²) in [7, 11) is 0. The number of aliphatic hydroxyl groups is 1. The van der Waals surface area contributed by atoms with Gasteiger partial charge in [0.05, 0.1) is 18.6 Å². The zero-order valence-electron chi connectivity index (χ0n) is 14.6. The SMILES string of the molecule is O=c1c2cccnc2c(-c2cccc(Cl)c2)nn1C1CN(CCO)CCO1. The molecule has 1 atom stereocenters. The van der Waals surface area contributed by atoms with Crippen molar-refractivity contribution in [3.05, 3.63) is 58.0 Å². The smallest absolute Gasteiger partial charge is 0.278 e. The van der Waals surface area contributed by atoms with Gasteiger partial charge in [0.15, 0.2) is 6.23 Å². The van der Waals surface area contributed by atoms with Gasteiger partial charge in [0.2, 0.25) is 0 Å². The number of ether oxygens (including phenoxy) is 1. The fourth-order valence-electron chi connectivity index (χ4n) is 3.29. The summed E-state index contributed by atoms with van der Waals surface area (Å²) < 4.78 is 7.19. The van der Waals surface area contributed by atoms with Gasteiger partial charge in [-0.1, -0.05) is 23.7 Å². The van der Waals surface area contributed by atoms with Crippen molar-refractivity contribution in [2.45, 2.75) is 6.23 Å². The van der Waals surface area contributed by atoms with Crippen molar-refractivity contribution in [3.8, 4) is 11.3 Å². The third kappa shape index (κ3) is 3.59. The number of β-amino-alcohol motifs (C(OH)–C–C–N with tert-alkyl or cyclic N) is 1. The Morgan fingerprint density at radius 2 is 2.19 bits per heavy atom. The van der Waals surface area contributed by atoms with Crippen molar-refractivity contribution in [2.75, 3.05) is 32.8 Å². The van der Waals surface area contributed by atoms with Gasteiger partial charge in [0.1, 0.15) is 11.2 Å². The number of aliphatic hydroxyl groups excluding tert-OH is 1. The molecule has 4 rings (SSSR count). The predicted molar refractivity (Wildman–Crippen MR) is 103 cm³/mol. The molecule has 1 aromatic carbocycles. The Labute approximate surface area is 160 Å². The second kappa shape index (κ2) is 7.74. The molecule has 1 aliphatic heterocycles. The summed E-state index contributed by atoms with van der Waals surface area (Å²) in [5, 5.41) is 14.9. The average molecular weight is 387 g/mol. The van der Waals surface area contributed by atoms with Crippen LogP contribution in [-0.2, 0) is 4.74 Å². The number of pyridine rings is 1. The van der Waals surface area contributed by atoms with E-state index in [1.54, 1.807) is 30.5 Å². The van der Waals surface area contributed by atoms with Crippen LogP contribution in [0.1, 0.15) is 6.23 Å². The van der Waals surface area contributed by atoms with Crippen LogP contribution in [0, 0.1) is 0 Å². The van der Waals surface area contributed by atoms with E-state index in [2.05, 4.69) is 15.0 Å². The Kier molecular flexibility index (Phi) is 5.18. The van der Waals surface area contributed by atoms with Crippen LogP contribution in [0.3, 0.4) is 0 Å². The normalized spacial score (nSPS) is 18.1. The van der Waals surface area contributed by atoms with Crippen LogP contribution >= 0.6 is 11.6 Å². The predicted octanol–water partition coefficient (Wildman–Crippen LogP) is 1.93. The minimum Gasteiger partial charge on any atom is -0.395 e. The van der Waals surface area contributed by atoms with Crippen LogP contribution in [0.2, 0.25) is 5.02 Å². The number of hydrogen-bond donors (Lipinski definition) is 1. The first-order valence-corrected chi connectivity index (χ1v) is 9.13. The maximum atomic E-state index is 13.0. The Balaban J connectivity index is 1.87. The van der Waals surface area contributed by atoms with Gasteiger partial charge in [0.25, 0.3) is 5.56 Å². The van der Waals surface area contributed by atoms with Crippen LogP contribution in [0.25, 0.3) is 22.2 Å². The van der Waals surface area contributed by atoms with Gasteiger partial charge in [-0.2, -0.15) is 9.78 Å². The van der Waals surface area contributed by atoms with Crippen molar-refractivity contribution < 1.29 is 9.84 Å². The average Bonchev–Trinajstić information content (AvgIpc) is 2.69. The van der Waals surface area contributed by atoms with Crippen LogP contribution in [-0.4, -0.2) is 57.6 Å². The summed E-state index contributed by atoms with van der Waals surface area (Å²) in [5.41, 5.74) is 1.64. The number of nitrogens with zero attached hydrogens (tertiary/aromatic N) is 4. The lowest BCUT2D eigenvalue weighted by Gasteiger charge is -2.32. The van der Waals surface area contributed by atoms with E-state index in [0.717, 1.165) is 5.56 Å². The van der Waals surface area contributed by atoms with Gasteiger partial charge in [-0.05, 0) is 24.3 Å². The van der Waals surface area contributed by atoms with Gasteiger partial charge in [-0.3, -0.25) is 14.7 Å². The lowest BCUT2D eigenvalue weighted by Crippen LogP contribution is -2.45. The van der Waals surface area contributed by atoms with Crippen LogP contribution in [0.4, 0.5) is 0 Å². The third-order valence-corrected chi connectivity index (χ3v) is 4.83. The molecular weight excluding hydrogens is 368 g/mol. The topological polar surface area (TPSA) is 80.5 Å². The van der Waals surface area contributed by atoms with E-state index in [9.17, 15) is 9.90 Å². The molecule has 27 heavy (non-hydrogen) atoms. The number of rotatable bonds is 4. The van der Waals surface area contributed by atoms with E-state index in [1.807, 2.05) is 12.1 Å². The number of morpholine rings is 1. The minimum absolute atomic E-state index is 0.0600. The Hall–Kier alpha value is -2.32. The standard InChI is InChI=1S/C19H19ClN4O3/c20-14-4-1-3-13(11-14)17-18-15(5-2-6-21-18)19(26)24(22-17)16-12-23(7-9-25)8-10-27-16/h1-6,11,16,25H,7-10,12H2. The minimum atomic E-state index is -0.527. The summed E-state index contributed by atoms with van der Waals surface area (Å²) >= 11 is 6.15. The molecule has 2 aromatic heterocycles. The summed E-state index contributed by atoms with van der Waals surface area (Å²) in [5.74, 6) is 0. The molecule has 0 aliphatic carbocycles. The number of fused-ring (bicyclic) bond motifs is 1. The molecule has 3 aromatic rings. The fourth-order valence-corrected chi connectivity index (χ4v) is 3.48. The molecule has 1 unspecified atom stereocenters. The highest BCUT2D eigenvalue weighted by Gasteiger charge is 2.25. The molecule has 8 heteroatoms. The molecule has 0 radical (unpaired) electrons. The van der Waals surface area contributed by atoms with E-state index in [0.29, 0.717) is 47.9 Å². The van der Waals surface area contributed by atoms with E-state index in [4.69, 9.17) is 16.3 Å². The van der Waals surface area contributed by atoms with Gasteiger partial charge in [-0.15, -0.1) is 0 Å². The largest absolute Gasteiger partial charge is 0.395 e. The van der Waals surface area contributed by atoms with E-state index in [-0.39, 0.29) is 12.2 Å². The second-order valence-corrected chi connectivity index (χ2v) is 6.79. The summed E-state index contributed by atoms with van der Waals surface area (Å²) in [6, 6.07) is 10.8. The van der Waals surface area contributed by atoms with E-state index >= 15 is 0 Å². The van der Waals surface area contributed by atoms with Gasteiger partial charge >= 0.3 is 0 Å². The van der Waals surface area contributed by atoms with Gasteiger partial charge in [0, 0.05) is 36.4 Å². The first kappa shape index (κ1) is 18.1. The lowest BCUT2D eigenvalue weighted by atomic mass is 10.1. The lowest BCUT2D eigenvalue weighted by molar-refractivity contribution is -0.0792. The van der Waals surface area contributed by atoms with Gasteiger partial charge < -0.3 is 9.84 Å². The molecule has 0 bridgehead atoms. The molecule has 0 spiro atoms. The van der Waals surface area contributed by atoms with E-state index in [1.165, 1.54) is 4.68 Å². The molecular formula is C19H19ClN4O3. The highest BCUT2D eigenvalue weighted by Crippen LogP contribution is 2.26. The molecule has 7 nitrogen and oxygen atoms in total. The molecule has 1 saturated heterocycles. The maximum Gasteiger partial charge on any atom is 0.278 e. The zero-order chi connectivity index (χ0) is 18.8. The van der Waals surface area contributed by atoms with Crippen molar-refractivity contribution >= 4 is 22.5 Å². The third-order valence-electron chi connectivity index (χ3n) is 4.60. The molecule has 1 fully saturated rings. The highest BCUT2D eigenvalue weighted by atomic mass is 35.5. The molecule has 1 aliphatic rings. The van der Waals surface area contributed by atoms with Crippen molar-refractivity contribution in [3.63, 3.8) is 0 Å². The first-order valence-electron chi connectivity index (χ1n) is 8.75. The quantitative estimate of drug-likeness (QED) is 0.738. The summed E-state index contributed by atoms with van der Waals surface area (Å²) in [4.78, 5) is 19.5. The Morgan fingerprint density at radius 3 is 3.00 bits per heavy atom. The summed E-state index contributed by atoms with van der Waals surface area (Å²) in [6.07, 6.45) is 1.11. The first-order chi connectivity index (χ1) is 13.2. The van der Waals surface area contributed by atoms with Gasteiger partial charge in [-0.25, -0.2) is 0 Å². The molecule has 1 N–H and O–H groups in total. The second-order valence-electron chi connectivity index (χ2n) is 6.36. The maximum absolute atomic E-state index is 13.0.